The van der Waals surface area contributed by atoms with E-state index in [0.29, 0.717) is 0 Å². The van der Waals surface area contributed by atoms with Gasteiger partial charge in [-0.25, -0.2) is 4.98 Å². The van der Waals surface area contributed by atoms with Gasteiger partial charge in [0.2, 0.25) is 0 Å². The van der Waals surface area contributed by atoms with Crippen molar-refractivity contribution in [2.24, 2.45) is 0 Å². The topological polar surface area (TPSA) is 25.8 Å². The Balaban J connectivity index is 0.000000159. The van der Waals surface area contributed by atoms with Crippen molar-refractivity contribution in [3.05, 3.63) is 81.0 Å². The minimum atomic E-state index is -0.450. The van der Waals surface area contributed by atoms with Gasteiger partial charge in [-0.3, -0.25) is 4.98 Å². The van der Waals surface area contributed by atoms with Crippen molar-refractivity contribution >= 4 is 101 Å². The highest BCUT2D eigenvalue weighted by molar-refractivity contribution is 9.38. The second kappa shape index (κ2) is 8.99. The van der Waals surface area contributed by atoms with Gasteiger partial charge in [0.1, 0.15) is 0 Å². The van der Waals surface area contributed by atoms with Gasteiger partial charge in [-0.15, -0.1) is 0 Å². The number of hydrogen-bond donors (Lipinski definition) is 0. The van der Waals surface area contributed by atoms with Gasteiger partial charge in [0.25, 0.3) is 0 Å². The van der Waals surface area contributed by atoms with Crippen LogP contribution in [0.4, 0.5) is 0 Å². The van der Waals surface area contributed by atoms with E-state index in [0.717, 1.165) is 36.8 Å². The number of nitrogens with zero attached hydrogens (tertiary/aromatic N) is 2. The summed E-state index contributed by atoms with van der Waals surface area (Å²) in [4.78, 5) is 8.92. The molecule has 0 aliphatic rings. The Bertz CT molecular complexity index is 1070. The summed E-state index contributed by atoms with van der Waals surface area (Å²) in [5.41, 5.74) is 3.97. The summed E-state index contributed by atoms with van der Waals surface area (Å²) in [6, 6.07) is 20.2. The van der Waals surface area contributed by atoms with Crippen LogP contribution in [0.5, 0.6) is 0 Å². The average molecular weight is 681 g/mol. The minimum absolute atomic E-state index is 0.450. The molecule has 0 spiro atoms. The van der Waals surface area contributed by atoms with Crippen molar-refractivity contribution in [3.63, 3.8) is 0 Å². The zero-order valence-electron chi connectivity index (χ0n) is 14.1. The van der Waals surface area contributed by atoms with E-state index in [1.54, 1.807) is 0 Å². The Morgan fingerprint density at radius 1 is 0.667 bits per heavy atom. The van der Waals surface area contributed by atoms with Crippen LogP contribution in [0.3, 0.4) is 0 Å². The number of fused-ring (bicyclic) bond motifs is 2. The van der Waals surface area contributed by atoms with Crippen LogP contribution in [0.2, 0.25) is 0 Å². The smallest absolute Gasteiger partial charge is 0.176 e. The molecule has 7 heteroatoms. The number of alkyl halides is 3. The minimum Gasteiger partial charge on any atom is -0.253 e. The Labute approximate surface area is 199 Å². The Morgan fingerprint density at radius 3 is 1.74 bits per heavy atom. The summed E-state index contributed by atoms with van der Waals surface area (Å²) in [5.74, 6) is 0. The van der Waals surface area contributed by atoms with Crippen LogP contribution in [0, 0.1) is 6.92 Å². The van der Waals surface area contributed by atoms with Crippen LogP contribution in [0.15, 0.2) is 69.6 Å². The molecule has 2 aromatic heterocycles. The van der Waals surface area contributed by atoms with Crippen LogP contribution < -0.4 is 0 Å². The highest BCUT2D eigenvalue weighted by Crippen LogP contribution is 2.43. The molecule has 0 amide bonds. The first-order valence-electron chi connectivity index (χ1n) is 7.89. The molecule has 27 heavy (non-hydrogen) atoms. The average Bonchev–Trinajstić information content (AvgIpc) is 2.61. The van der Waals surface area contributed by atoms with Crippen LogP contribution in [0.25, 0.3) is 21.8 Å². The molecule has 0 aliphatic heterocycles. The van der Waals surface area contributed by atoms with E-state index in [4.69, 9.17) is 0 Å². The number of halogens is 5. The monoisotopic (exact) mass is 676 g/mol. The fourth-order valence-corrected chi connectivity index (χ4v) is 3.87. The summed E-state index contributed by atoms with van der Waals surface area (Å²) in [6.07, 6.45) is 0. The lowest BCUT2D eigenvalue weighted by Crippen LogP contribution is -2.00. The number of hydrogen-bond acceptors (Lipinski definition) is 2. The zero-order valence-corrected chi connectivity index (χ0v) is 22.0. The van der Waals surface area contributed by atoms with E-state index in [2.05, 4.69) is 102 Å². The van der Waals surface area contributed by atoms with Gasteiger partial charge in [0.05, 0.1) is 16.7 Å². The van der Waals surface area contributed by atoms with Crippen molar-refractivity contribution < 1.29 is 0 Å². The lowest BCUT2D eigenvalue weighted by atomic mass is 10.2. The Kier molecular flexibility index (Phi) is 7.12. The van der Waals surface area contributed by atoms with Crippen LogP contribution in [-0.2, 0) is 2.14 Å². The molecule has 0 aliphatic carbocycles. The third kappa shape index (κ3) is 5.82. The van der Waals surface area contributed by atoms with Crippen LogP contribution in [-0.4, -0.2) is 9.97 Å². The number of pyridine rings is 2. The van der Waals surface area contributed by atoms with Gasteiger partial charge in [-0.05, 0) is 55.5 Å². The molecular weight excluding hydrogens is 668 g/mol. The quantitative estimate of drug-likeness (QED) is 0.174. The first-order valence-corrected chi connectivity index (χ1v) is 11.9. The van der Waals surface area contributed by atoms with E-state index in [1.807, 2.05) is 55.5 Å². The van der Waals surface area contributed by atoms with Crippen LogP contribution in [0.1, 0.15) is 11.4 Å². The molecule has 2 nitrogen and oxygen atoms in total. The maximum absolute atomic E-state index is 4.53. The van der Waals surface area contributed by atoms with E-state index >= 15 is 0 Å². The van der Waals surface area contributed by atoms with Crippen molar-refractivity contribution in [2.75, 3.05) is 0 Å². The number of rotatable bonds is 0. The molecule has 0 bridgehead atoms. The molecule has 2 heterocycles. The fraction of sp³-hybridized carbons (Fsp3) is 0.100. The highest BCUT2D eigenvalue weighted by Gasteiger charge is 2.22. The molecule has 4 rings (SSSR count). The normalized spacial score (nSPS) is 11.3. The molecule has 138 valence electrons. The van der Waals surface area contributed by atoms with E-state index in [1.165, 1.54) is 5.39 Å². The number of benzene rings is 2. The van der Waals surface area contributed by atoms with Gasteiger partial charge >= 0.3 is 0 Å². The molecular formula is C20H13Br5N2. The van der Waals surface area contributed by atoms with Crippen LogP contribution >= 0.6 is 79.6 Å². The van der Waals surface area contributed by atoms with E-state index in [9.17, 15) is 0 Å². The SMILES string of the molecule is Brc1ccc2nc(C(Br)(Br)Br)ccc2c1.Cc1ccc2cc(Br)ccc2n1. The second-order valence-electron chi connectivity index (χ2n) is 5.82. The van der Waals surface area contributed by atoms with Crippen molar-refractivity contribution in [1.82, 2.24) is 9.97 Å². The molecule has 0 fully saturated rings. The van der Waals surface area contributed by atoms with E-state index in [-0.39, 0.29) is 0 Å². The summed E-state index contributed by atoms with van der Waals surface area (Å²) in [7, 11) is 0. The maximum atomic E-state index is 4.53. The standard InChI is InChI=1S/C10H5Br4N.C10H8BrN/c11-7-2-3-8-6(5-7)1-4-9(15-8)10(12,13)14;1-7-2-3-8-6-9(11)4-5-10(8)12-7/h1-5H;2-6H,1H3. The zero-order chi connectivity index (χ0) is 19.6. The van der Waals surface area contributed by atoms with Gasteiger partial charge in [-0.2, -0.15) is 0 Å². The van der Waals surface area contributed by atoms with E-state index < -0.39 is 2.14 Å². The first-order chi connectivity index (χ1) is 12.7. The summed E-state index contributed by atoms with van der Waals surface area (Å²) < 4.78 is 1.71. The molecule has 0 N–H and O–H groups in total. The van der Waals surface area contributed by atoms with Crippen molar-refractivity contribution in [3.8, 4) is 0 Å². The van der Waals surface area contributed by atoms with Gasteiger partial charge in [-0.1, -0.05) is 91.8 Å². The molecule has 0 radical (unpaired) electrons. The fourth-order valence-electron chi connectivity index (χ4n) is 2.45. The van der Waals surface area contributed by atoms with Crippen molar-refractivity contribution in [2.45, 2.75) is 9.07 Å². The molecule has 0 unspecified atom stereocenters. The van der Waals surface area contributed by atoms with Crippen molar-refractivity contribution in [1.29, 1.82) is 0 Å². The largest absolute Gasteiger partial charge is 0.253 e. The van der Waals surface area contributed by atoms with Gasteiger partial charge in [0, 0.05) is 25.4 Å². The molecule has 2 aromatic carbocycles. The predicted molar refractivity (Wildman–Crippen MR) is 132 cm³/mol. The summed E-state index contributed by atoms with van der Waals surface area (Å²) >= 11 is 17.2. The third-order valence-electron chi connectivity index (χ3n) is 3.73. The lowest BCUT2D eigenvalue weighted by molar-refractivity contribution is 1.20. The summed E-state index contributed by atoms with van der Waals surface area (Å²) in [5, 5.41) is 2.29. The molecule has 0 atom stereocenters. The Hall–Kier alpha value is -0.340. The highest BCUT2D eigenvalue weighted by atomic mass is 80.0. The Morgan fingerprint density at radius 2 is 1.19 bits per heavy atom. The number of aromatic nitrogens is 2. The molecule has 0 saturated carbocycles. The molecule has 4 aromatic rings. The lowest BCUT2D eigenvalue weighted by Gasteiger charge is -2.11. The third-order valence-corrected chi connectivity index (χ3v) is 5.94. The maximum Gasteiger partial charge on any atom is 0.176 e. The second-order valence-corrected chi connectivity index (χ2v) is 14.4. The first kappa shape index (κ1) is 21.4. The molecule has 0 saturated heterocycles. The predicted octanol–water partition coefficient (Wildman–Crippen LogP) is 8.60. The number of aryl methyl sites for hydroxylation is 1. The summed E-state index contributed by atoms with van der Waals surface area (Å²) in [6.45, 7) is 2.00. The van der Waals surface area contributed by atoms with Gasteiger partial charge < -0.3 is 0 Å². The van der Waals surface area contributed by atoms with Gasteiger partial charge in [0.15, 0.2) is 2.14 Å².